The van der Waals surface area contributed by atoms with Crippen LogP contribution < -0.4 is 10.1 Å². The fourth-order valence-corrected chi connectivity index (χ4v) is 2.51. The van der Waals surface area contributed by atoms with Crippen LogP contribution >= 0.6 is 0 Å². The molecule has 3 rings (SSSR count). The van der Waals surface area contributed by atoms with Crippen LogP contribution in [-0.2, 0) is 6.54 Å². The number of nitrogens with zero attached hydrogens (tertiary/aromatic N) is 2. The molecule has 0 aliphatic heterocycles. The van der Waals surface area contributed by atoms with Crippen molar-refractivity contribution < 1.29 is 9.53 Å². The molecule has 0 aliphatic rings. The summed E-state index contributed by atoms with van der Waals surface area (Å²) in [6.45, 7) is 6.36. The first kappa shape index (κ1) is 16.1. The number of carbonyl (C=O) groups is 1. The van der Waals surface area contributed by atoms with Crippen LogP contribution in [0.1, 0.15) is 35.6 Å². The number of ether oxygens (including phenoxy) is 1. The zero-order chi connectivity index (χ0) is 17.1. The van der Waals surface area contributed by atoms with Gasteiger partial charge >= 0.3 is 0 Å². The number of hydrogen-bond acceptors (Lipinski definition) is 3. The molecular weight excluding hydrogens is 302 g/mol. The molecule has 0 spiro atoms. The lowest BCUT2D eigenvalue weighted by molar-refractivity contribution is 0.0950. The Labute approximate surface area is 141 Å². The lowest BCUT2D eigenvalue weighted by Crippen LogP contribution is -2.22. The number of fused-ring (bicyclic) bond motifs is 1. The third kappa shape index (κ3) is 3.56. The number of nitrogens with one attached hydrogen (secondary N) is 1. The van der Waals surface area contributed by atoms with Crippen molar-refractivity contribution in [3.8, 4) is 5.75 Å². The third-order valence-corrected chi connectivity index (χ3v) is 3.66. The quantitative estimate of drug-likeness (QED) is 0.783. The molecule has 0 radical (unpaired) electrons. The third-order valence-electron chi connectivity index (χ3n) is 3.66. The highest BCUT2D eigenvalue weighted by atomic mass is 16.5. The van der Waals surface area contributed by atoms with Gasteiger partial charge in [-0.15, -0.1) is 0 Å². The molecular formula is C19H21N3O2. The summed E-state index contributed by atoms with van der Waals surface area (Å²) in [6, 6.07) is 13.1. The van der Waals surface area contributed by atoms with Gasteiger partial charge in [-0.3, -0.25) is 4.79 Å². The lowest BCUT2D eigenvalue weighted by atomic mass is 10.2. The van der Waals surface area contributed by atoms with E-state index < -0.39 is 0 Å². The van der Waals surface area contributed by atoms with Crippen molar-refractivity contribution in [1.82, 2.24) is 14.7 Å². The van der Waals surface area contributed by atoms with Gasteiger partial charge < -0.3 is 14.5 Å². The maximum atomic E-state index is 12.2. The van der Waals surface area contributed by atoms with Crippen molar-refractivity contribution in [2.75, 3.05) is 0 Å². The summed E-state index contributed by atoms with van der Waals surface area (Å²) in [5.74, 6) is 0.636. The number of benzene rings is 1. The van der Waals surface area contributed by atoms with E-state index in [4.69, 9.17) is 4.74 Å². The number of rotatable bonds is 5. The van der Waals surface area contributed by atoms with E-state index >= 15 is 0 Å². The van der Waals surface area contributed by atoms with Crippen molar-refractivity contribution in [2.24, 2.45) is 0 Å². The van der Waals surface area contributed by atoms with Crippen LogP contribution in [0.25, 0.3) is 5.65 Å². The molecule has 5 heteroatoms. The summed E-state index contributed by atoms with van der Waals surface area (Å²) in [6.07, 6.45) is 2.06. The highest BCUT2D eigenvalue weighted by Gasteiger charge is 2.08. The number of carbonyl (C=O) groups excluding carboxylic acids is 1. The molecule has 5 nitrogen and oxygen atoms in total. The number of pyridine rings is 1. The van der Waals surface area contributed by atoms with Gasteiger partial charge in [-0.1, -0.05) is 6.07 Å². The second-order valence-corrected chi connectivity index (χ2v) is 6.00. The van der Waals surface area contributed by atoms with E-state index in [-0.39, 0.29) is 12.0 Å². The van der Waals surface area contributed by atoms with E-state index in [1.54, 1.807) is 12.1 Å². The molecule has 1 amide bonds. The largest absolute Gasteiger partial charge is 0.491 e. The summed E-state index contributed by atoms with van der Waals surface area (Å²) in [4.78, 5) is 16.8. The van der Waals surface area contributed by atoms with Crippen LogP contribution in [0.3, 0.4) is 0 Å². The Kier molecular flexibility index (Phi) is 4.51. The van der Waals surface area contributed by atoms with Crippen LogP contribution in [0.2, 0.25) is 0 Å². The highest BCUT2D eigenvalue weighted by Crippen LogP contribution is 2.14. The zero-order valence-corrected chi connectivity index (χ0v) is 14.1. The number of aryl methyl sites for hydroxylation is 1. The Morgan fingerprint density at radius 2 is 1.96 bits per heavy atom. The van der Waals surface area contributed by atoms with E-state index in [2.05, 4.69) is 10.3 Å². The molecule has 0 aliphatic carbocycles. The van der Waals surface area contributed by atoms with Gasteiger partial charge in [0.05, 0.1) is 18.3 Å². The first-order valence-electron chi connectivity index (χ1n) is 8.01. The molecule has 0 atom stereocenters. The van der Waals surface area contributed by atoms with Gasteiger partial charge in [0.2, 0.25) is 0 Å². The van der Waals surface area contributed by atoms with Crippen LogP contribution in [0.5, 0.6) is 5.75 Å². The Balaban J connectivity index is 1.65. The van der Waals surface area contributed by atoms with Crippen LogP contribution in [0, 0.1) is 6.92 Å². The van der Waals surface area contributed by atoms with Crippen molar-refractivity contribution in [3.63, 3.8) is 0 Å². The molecule has 124 valence electrons. The van der Waals surface area contributed by atoms with Gasteiger partial charge in [0.25, 0.3) is 5.91 Å². The van der Waals surface area contributed by atoms with Crippen LogP contribution in [-0.4, -0.2) is 21.4 Å². The van der Waals surface area contributed by atoms with E-state index in [1.165, 1.54) is 0 Å². The molecule has 1 aromatic carbocycles. The topological polar surface area (TPSA) is 55.6 Å². The number of hydrogen-bond donors (Lipinski definition) is 1. The number of imidazole rings is 1. The minimum Gasteiger partial charge on any atom is -0.491 e. The molecule has 24 heavy (non-hydrogen) atoms. The van der Waals surface area contributed by atoms with Crippen LogP contribution in [0.15, 0.2) is 48.7 Å². The number of aromatic nitrogens is 2. The van der Waals surface area contributed by atoms with E-state index in [9.17, 15) is 4.79 Å². The Morgan fingerprint density at radius 1 is 1.21 bits per heavy atom. The number of amides is 1. The fraction of sp³-hybridized carbons (Fsp3) is 0.263. The smallest absolute Gasteiger partial charge is 0.251 e. The fourth-order valence-electron chi connectivity index (χ4n) is 2.51. The Morgan fingerprint density at radius 3 is 2.62 bits per heavy atom. The summed E-state index contributed by atoms with van der Waals surface area (Å²) in [5, 5.41) is 2.90. The Hall–Kier alpha value is -2.82. The van der Waals surface area contributed by atoms with Crippen LogP contribution in [0.4, 0.5) is 0 Å². The molecule has 2 heterocycles. The van der Waals surface area contributed by atoms with Gasteiger partial charge in [-0.2, -0.15) is 0 Å². The molecule has 2 aromatic heterocycles. The predicted molar refractivity (Wildman–Crippen MR) is 93.3 cm³/mol. The monoisotopic (exact) mass is 323 g/mol. The van der Waals surface area contributed by atoms with E-state index in [0.29, 0.717) is 12.1 Å². The normalized spacial score (nSPS) is 11.0. The van der Waals surface area contributed by atoms with Crippen molar-refractivity contribution in [2.45, 2.75) is 33.4 Å². The van der Waals surface area contributed by atoms with Gasteiger partial charge in [0, 0.05) is 17.5 Å². The van der Waals surface area contributed by atoms with Crippen molar-refractivity contribution >= 4 is 11.6 Å². The second kappa shape index (κ2) is 6.74. The summed E-state index contributed by atoms with van der Waals surface area (Å²) < 4.78 is 7.59. The molecule has 3 aromatic rings. The standard InChI is InChI=1S/C19H21N3O2/c1-13(2)24-17-9-7-15(8-10-17)19(23)20-11-16-12-22-14(3)5-4-6-18(22)21-16/h4-10,12-13H,11H2,1-3H3,(H,20,23). The zero-order valence-electron chi connectivity index (χ0n) is 14.1. The van der Waals surface area contributed by atoms with Gasteiger partial charge in [0.1, 0.15) is 11.4 Å². The van der Waals surface area contributed by atoms with Gasteiger partial charge in [-0.25, -0.2) is 4.98 Å². The lowest BCUT2D eigenvalue weighted by Gasteiger charge is -2.10. The molecule has 0 saturated carbocycles. The van der Waals surface area contributed by atoms with E-state index in [0.717, 1.165) is 22.8 Å². The summed E-state index contributed by atoms with van der Waals surface area (Å²) >= 11 is 0. The first-order valence-corrected chi connectivity index (χ1v) is 8.01. The molecule has 0 fully saturated rings. The minimum absolute atomic E-state index is 0.114. The van der Waals surface area contributed by atoms with Gasteiger partial charge in [-0.05, 0) is 57.2 Å². The molecule has 0 unspecified atom stereocenters. The predicted octanol–water partition coefficient (Wildman–Crippen LogP) is 3.36. The highest BCUT2D eigenvalue weighted by molar-refractivity contribution is 5.94. The Bertz CT molecular complexity index is 851. The minimum atomic E-state index is -0.125. The molecule has 0 bridgehead atoms. The molecule has 0 saturated heterocycles. The summed E-state index contributed by atoms with van der Waals surface area (Å²) in [7, 11) is 0. The summed E-state index contributed by atoms with van der Waals surface area (Å²) in [5.41, 5.74) is 3.43. The maximum Gasteiger partial charge on any atom is 0.251 e. The SMILES string of the molecule is Cc1cccc2nc(CNC(=O)c3ccc(OC(C)C)cc3)cn12. The van der Waals surface area contributed by atoms with E-state index in [1.807, 2.05) is 61.7 Å². The van der Waals surface area contributed by atoms with Crippen molar-refractivity contribution in [1.29, 1.82) is 0 Å². The van der Waals surface area contributed by atoms with Crippen molar-refractivity contribution in [3.05, 3.63) is 65.6 Å². The average Bonchev–Trinajstić information content (AvgIpc) is 2.97. The molecule has 1 N–H and O–H groups in total. The maximum absolute atomic E-state index is 12.2. The van der Waals surface area contributed by atoms with Gasteiger partial charge in [0.15, 0.2) is 0 Å². The average molecular weight is 323 g/mol. The first-order chi connectivity index (χ1) is 11.5. The second-order valence-electron chi connectivity index (χ2n) is 6.00.